The number of nitrogens with one attached hydrogen (secondary N) is 2. The van der Waals surface area contributed by atoms with E-state index in [0.29, 0.717) is 0 Å². The molecule has 2 N–H and O–H groups in total. The lowest BCUT2D eigenvalue weighted by Gasteiger charge is -2.22. The van der Waals surface area contributed by atoms with Crippen molar-refractivity contribution in [2.24, 2.45) is 0 Å². The average Bonchev–Trinajstić information content (AvgIpc) is 2.56. The van der Waals surface area contributed by atoms with E-state index in [1.165, 1.54) is 7.11 Å². The number of benzene rings is 1. The molecule has 0 radical (unpaired) electrons. The quantitative estimate of drug-likeness (QED) is 0.613. The van der Waals surface area contributed by atoms with E-state index in [2.05, 4.69) is 14.8 Å². The molecular formula is C18H28N2O6S. The van der Waals surface area contributed by atoms with Gasteiger partial charge < -0.3 is 14.8 Å². The van der Waals surface area contributed by atoms with Gasteiger partial charge in [-0.25, -0.2) is 17.9 Å². The van der Waals surface area contributed by atoms with Gasteiger partial charge in [0.1, 0.15) is 6.61 Å². The van der Waals surface area contributed by atoms with Crippen molar-refractivity contribution in [3.63, 3.8) is 0 Å². The minimum Gasteiger partial charge on any atom is -0.469 e. The molecule has 1 atom stereocenters. The molecule has 8 nitrogen and oxygen atoms in total. The summed E-state index contributed by atoms with van der Waals surface area (Å²) in [4.78, 5) is 23.6. The van der Waals surface area contributed by atoms with E-state index in [1.54, 1.807) is 20.8 Å². The molecule has 0 fully saturated rings. The summed E-state index contributed by atoms with van der Waals surface area (Å²) in [6.07, 6.45) is -0.836. The molecule has 1 unspecified atom stereocenters. The standard InChI is InChI=1S/C18H28N2O6S/c1-18(2,3)20-27(23,24)11-10-15(12-16(21)25-4)19-17(22)26-13-14-8-6-5-7-9-14/h5-9,15,20H,10-13H2,1-4H3,(H,19,22). The van der Waals surface area contributed by atoms with Crippen LogP contribution >= 0.6 is 0 Å². The van der Waals surface area contributed by atoms with Crippen LogP contribution < -0.4 is 10.0 Å². The molecule has 1 aromatic rings. The number of ether oxygens (including phenoxy) is 2. The molecule has 0 saturated heterocycles. The monoisotopic (exact) mass is 400 g/mol. The van der Waals surface area contributed by atoms with Gasteiger partial charge in [0.15, 0.2) is 0 Å². The predicted octanol–water partition coefficient (Wildman–Crippen LogP) is 1.95. The highest BCUT2D eigenvalue weighted by molar-refractivity contribution is 7.89. The summed E-state index contributed by atoms with van der Waals surface area (Å²) in [7, 11) is -2.33. The van der Waals surface area contributed by atoms with E-state index in [4.69, 9.17) is 4.74 Å². The highest BCUT2D eigenvalue weighted by Gasteiger charge is 2.24. The van der Waals surface area contributed by atoms with E-state index >= 15 is 0 Å². The van der Waals surface area contributed by atoms with Crippen molar-refractivity contribution in [2.75, 3.05) is 12.9 Å². The van der Waals surface area contributed by atoms with Gasteiger partial charge >= 0.3 is 12.1 Å². The minimum absolute atomic E-state index is 0.0426. The molecule has 1 aromatic carbocycles. The Morgan fingerprint density at radius 3 is 2.33 bits per heavy atom. The number of methoxy groups -OCH3 is 1. The highest BCUT2D eigenvalue weighted by atomic mass is 32.2. The van der Waals surface area contributed by atoms with Crippen LogP contribution in [0.2, 0.25) is 0 Å². The van der Waals surface area contributed by atoms with Crippen LogP contribution in [0.3, 0.4) is 0 Å². The van der Waals surface area contributed by atoms with Crippen molar-refractivity contribution in [2.45, 2.75) is 51.8 Å². The van der Waals surface area contributed by atoms with Crippen LogP contribution in [0, 0.1) is 0 Å². The maximum Gasteiger partial charge on any atom is 0.407 e. The van der Waals surface area contributed by atoms with E-state index < -0.39 is 33.7 Å². The lowest BCUT2D eigenvalue weighted by atomic mass is 10.1. The summed E-state index contributed by atoms with van der Waals surface area (Å²) in [6, 6.07) is 8.39. The lowest BCUT2D eigenvalue weighted by molar-refractivity contribution is -0.141. The van der Waals surface area contributed by atoms with Crippen LogP contribution in [0.25, 0.3) is 0 Å². The summed E-state index contributed by atoms with van der Waals surface area (Å²) in [5.41, 5.74) is 0.202. The Hall–Kier alpha value is -2.13. The number of rotatable bonds is 9. The molecule has 0 aliphatic heterocycles. The summed E-state index contributed by atoms with van der Waals surface area (Å²) in [5, 5.41) is 2.53. The number of amides is 1. The maximum atomic E-state index is 12.1. The molecule has 152 valence electrons. The predicted molar refractivity (Wildman–Crippen MR) is 101 cm³/mol. The SMILES string of the molecule is COC(=O)CC(CCS(=O)(=O)NC(C)(C)C)NC(=O)OCc1ccccc1. The molecule has 0 aliphatic carbocycles. The second-order valence-electron chi connectivity index (χ2n) is 7.14. The third kappa shape index (κ3) is 10.6. The fraction of sp³-hybridized carbons (Fsp3) is 0.556. The Labute approximate surface area is 160 Å². The molecule has 0 aliphatic rings. The molecule has 0 heterocycles. The molecule has 27 heavy (non-hydrogen) atoms. The molecule has 0 aromatic heterocycles. The van der Waals surface area contributed by atoms with Gasteiger partial charge in [-0.1, -0.05) is 30.3 Å². The fourth-order valence-electron chi connectivity index (χ4n) is 2.26. The average molecular weight is 400 g/mol. The normalized spacial score (nSPS) is 12.9. The second kappa shape index (κ2) is 10.3. The Kier molecular flexibility index (Phi) is 8.71. The number of carbonyl (C=O) groups is 2. The van der Waals surface area contributed by atoms with Gasteiger partial charge in [0.2, 0.25) is 10.0 Å². The van der Waals surface area contributed by atoms with E-state index in [0.717, 1.165) is 5.56 Å². The lowest BCUT2D eigenvalue weighted by Crippen LogP contribution is -2.44. The van der Waals surface area contributed by atoms with Crippen LogP contribution in [0.1, 0.15) is 39.2 Å². The third-order valence-electron chi connectivity index (χ3n) is 3.37. The summed E-state index contributed by atoms with van der Waals surface area (Å²) < 4.78 is 36.5. The first-order valence-corrected chi connectivity index (χ1v) is 10.2. The zero-order valence-corrected chi connectivity index (χ0v) is 17.0. The molecule has 0 saturated carbocycles. The van der Waals surface area contributed by atoms with Crippen LogP contribution in [0.5, 0.6) is 0 Å². The highest BCUT2D eigenvalue weighted by Crippen LogP contribution is 2.08. The Bertz CT molecular complexity index is 713. The summed E-state index contributed by atoms with van der Waals surface area (Å²) in [6.45, 7) is 5.27. The van der Waals surface area contributed by atoms with Crippen LogP contribution in [-0.4, -0.2) is 44.9 Å². The van der Waals surface area contributed by atoms with Gasteiger partial charge in [-0.3, -0.25) is 4.79 Å². The summed E-state index contributed by atoms with van der Waals surface area (Å²) >= 11 is 0. The van der Waals surface area contributed by atoms with Crippen molar-refractivity contribution in [1.82, 2.24) is 10.0 Å². The number of carbonyl (C=O) groups excluding carboxylic acids is 2. The molecule has 0 bridgehead atoms. The smallest absolute Gasteiger partial charge is 0.407 e. The number of esters is 1. The number of hydrogen-bond donors (Lipinski definition) is 2. The van der Waals surface area contributed by atoms with Gasteiger partial charge in [0, 0.05) is 11.6 Å². The molecular weight excluding hydrogens is 372 g/mol. The van der Waals surface area contributed by atoms with Crippen LogP contribution in [0.4, 0.5) is 4.79 Å². The Morgan fingerprint density at radius 1 is 1.15 bits per heavy atom. The first-order chi connectivity index (χ1) is 12.5. The largest absolute Gasteiger partial charge is 0.469 e. The van der Waals surface area contributed by atoms with Crippen LogP contribution in [-0.2, 0) is 30.9 Å². The minimum atomic E-state index is -3.56. The van der Waals surface area contributed by atoms with Gasteiger partial charge in [0.25, 0.3) is 0 Å². The van der Waals surface area contributed by atoms with Crippen molar-refractivity contribution in [3.05, 3.63) is 35.9 Å². The Morgan fingerprint density at radius 2 is 1.78 bits per heavy atom. The van der Waals surface area contributed by atoms with Gasteiger partial charge in [-0.2, -0.15) is 0 Å². The first-order valence-electron chi connectivity index (χ1n) is 8.56. The molecule has 9 heteroatoms. The van der Waals surface area contributed by atoms with Crippen molar-refractivity contribution in [1.29, 1.82) is 0 Å². The fourth-order valence-corrected chi connectivity index (χ4v) is 3.89. The zero-order chi connectivity index (χ0) is 20.5. The number of hydrogen-bond acceptors (Lipinski definition) is 6. The van der Waals surface area contributed by atoms with Crippen molar-refractivity contribution in [3.8, 4) is 0 Å². The number of alkyl carbamates (subject to hydrolysis) is 1. The maximum absolute atomic E-state index is 12.1. The number of sulfonamides is 1. The van der Waals surface area contributed by atoms with E-state index in [1.807, 2.05) is 30.3 Å². The van der Waals surface area contributed by atoms with Gasteiger partial charge in [0.05, 0.1) is 19.3 Å². The van der Waals surface area contributed by atoms with E-state index in [-0.39, 0.29) is 25.2 Å². The van der Waals surface area contributed by atoms with Crippen molar-refractivity contribution >= 4 is 22.1 Å². The van der Waals surface area contributed by atoms with Gasteiger partial charge in [-0.05, 0) is 32.8 Å². The zero-order valence-electron chi connectivity index (χ0n) is 16.2. The second-order valence-corrected chi connectivity index (χ2v) is 8.98. The molecule has 1 amide bonds. The first kappa shape index (κ1) is 22.9. The third-order valence-corrected chi connectivity index (χ3v) is 5.07. The molecule has 0 spiro atoms. The van der Waals surface area contributed by atoms with Crippen LogP contribution in [0.15, 0.2) is 30.3 Å². The molecule has 1 rings (SSSR count). The summed E-state index contributed by atoms with van der Waals surface area (Å²) in [5.74, 6) is -0.796. The topological polar surface area (TPSA) is 111 Å². The van der Waals surface area contributed by atoms with Crippen molar-refractivity contribution < 1.29 is 27.5 Å². The Balaban J connectivity index is 2.62. The van der Waals surface area contributed by atoms with Gasteiger partial charge in [-0.15, -0.1) is 0 Å². The van der Waals surface area contributed by atoms with E-state index in [9.17, 15) is 18.0 Å².